The van der Waals surface area contributed by atoms with Crippen LogP contribution in [-0.4, -0.2) is 61.8 Å². The summed E-state index contributed by atoms with van der Waals surface area (Å²) >= 11 is 0. The Morgan fingerprint density at radius 2 is 1.67 bits per heavy atom. The van der Waals surface area contributed by atoms with E-state index in [9.17, 15) is 35.4 Å². The summed E-state index contributed by atoms with van der Waals surface area (Å²) in [4.78, 5) is 13.1. The van der Waals surface area contributed by atoms with Gasteiger partial charge in [0.2, 0.25) is 17.5 Å². The van der Waals surface area contributed by atoms with E-state index in [-0.39, 0.29) is 28.2 Å². The van der Waals surface area contributed by atoms with Gasteiger partial charge in [-0.1, -0.05) is 0 Å². The highest BCUT2D eigenvalue weighted by molar-refractivity contribution is 5.88. The molecule has 1 fully saturated rings. The summed E-state index contributed by atoms with van der Waals surface area (Å²) in [5, 5.41) is 58.4. The Balaban J connectivity index is 1.90. The second kappa shape index (κ2) is 7.50. The van der Waals surface area contributed by atoms with E-state index in [2.05, 4.69) is 0 Å². The molecule has 4 rings (SSSR count). The van der Waals surface area contributed by atoms with Crippen LogP contribution in [0.25, 0.3) is 22.3 Å². The van der Waals surface area contributed by atoms with Gasteiger partial charge in [0.05, 0.1) is 6.61 Å². The fourth-order valence-corrected chi connectivity index (χ4v) is 3.26. The number of aromatic hydroxyl groups is 3. The minimum Gasteiger partial charge on any atom is -0.508 e. The van der Waals surface area contributed by atoms with Crippen molar-refractivity contribution in [3.8, 4) is 34.3 Å². The standard InChI is InChI=1S/C20H18O10/c21-7-13-15(25)17(27)20(29-13)30-19-16(26)14-11(24)5-10(23)6-12(14)28-18(19)8-1-3-9(22)4-2-8/h1-6,13,15,17,20-25,27H,7H2/t13-,15-,17+,20?/m1/s1. The number of aliphatic hydroxyl groups is 3. The number of rotatable bonds is 4. The van der Waals surface area contributed by atoms with Crippen LogP contribution in [-0.2, 0) is 4.74 Å². The van der Waals surface area contributed by atoms with Crippen LogP contribution in [0.4, 0.5) is 0 Å². The van der Waals surface area contributed by atoms with Crippen molar-refractivity contribution in [1.29, 1.82) is 0 Å². The lowest BCUT2D eigenvalue weighted by molar-refractivity contribution is -0.117. The number of fused-ring (bicyclic) bond motifs is 1. The van der Waals surface area contributed by atoms with Crippen molar-refractivity contribution >= 4 is 11.0 Å². The SMILES string of the molecule is O=c1c(OC2O[C@H](CO)[C@@H](O)[C@@H]2O)c(-c2ccc(O)cc2)oc2cc(O)cc(O)c12. The fourth-order valence-electron chi connectivity index (χ4n) is 3.26. The number of benzene rings is 2. The molecule has 2 aromatic carbocycles. The molecule has 158 valence electrons. The van der Waals surface area contributed by atoms with Gasteiger partial charge in [-0.05, 0) is 24.3 Å². The Hall–Kier alpha value is -3.31. The molecular weight excluding hydrogens is 400 g/mol. The molecule has 1 aromatic heterocycles. The van der Waals surface area contributed by atoms with E-state index < -0.39 is 48.1 Å². The third-order valence-electron chi connectivity index (χ3n) is 4.78. The summed E-state index contributed by atoms with van der Waals surface area (Å²) < 4.78 is 16.5. The van der Waals surface area contributed by atoms with E-state index in [0.717, 1.165) is 12.1 Å². The van der Waals surface area contributed by atoms with Gasteiger partial charge in [0.25, 0.3) is 0 Å². The maximum atomic E-state index is 13.1. The first-order valence-electron chi connectivity index (χ1n) is 8.91. The molecule has 1 aliphatic heterocycles. The van der Waals surface area contributed by atoms with E-state index in [1.807, 2.05) is 0 Å². The third-order valence-corrected chi connectivity index (χ3v) is 4.78. The van der Waals surface area contributed by atoms with E-state index in [0.29, 0.717) is 5.56 Å². The van der Waals surface area contributed by atoms with Gasteiger partial charge in [-0.15, -0.1) is 0 Å². The van der Waals surface area contributed by atoms with Crippen molar-refractivity contribution in [2.45, 2.75) is 24.6 Å². The highest BCUT2D eigenvalue weighted by atomic mass is 16.7. The summed E-state index contributed by atoms with van der Waals surface area (Å²) in [5.41, 5.74) is -0.653. The second-order valence-corrected chi connectivity index (χ2v) is 6.80. The van der Waals surface area contributed by atoms with Crippen molar-refractivity contribution in [2.24, 2.45) is 0 Å². The highest BCUT2D eigenvalue weighted by Crippen LogP contribution is 2.37. The molecule has 0 bridgehead atoms. The lowest BCUT2D eigenvalue weighted by atomic mass is 10.1. The topological polar surface area (TPSA) is 170 Å². The predicted molar refractivity (Wildman–Crippen MR) is 101 cm³/mol. The van der Waals surface area contributed by atoms with E-state index >= 15 is 0 Å². The molecule has 30 heavy (non-hydrogen) atoms. The zero-order valence-corrected chi connectivity index (χ0v) is 15.3. The zero-order chi connectivity index (χ0) is 21.6. The van der Waals surface area contributed by atoms with Gasteiger partial charge in [-0.25, -0.2) is 0 Å². The average Bonchev–Trinajstić information content (AvgIpc) is 2.97. The molecule has 1 saturated heterocycles. The molecule has 6 N–H and O–H groups in total. The van der Waals surface area contributed by atoms with E-state index in [4.69, 9.17) is 13.9 Å². The Morgan fingerprint density at radius 3 is 2.30 bits per heavy atom. The Kier molecular flexibility index (Phi) is 5.00. The van der Waals surface area contributed by atoms with Gasteiger partial charge in [0, 0.05) is 17.7 Å². The van der Waals surface area contributed by atoms with Crippen LogP contribution in [0.15, 0.2) is 45.6 Å². The van der Waals surface area contributed by atoms with Gasteiger partial charge >= 0.3 is 0 Å². The third kappa shape index (κ3) is 3.31. The van der Waals surface area contributed by atoms with Crippen molar-refractivity contribution in [3.05, 3.63) is 46.6 Å². The van der Waals surface area contributed by atoms with Crippen molar-refractivity contribution in [1.82, 2.24) is 0 Å². The highest BCUT2D eigenvalue weighted by Gasteiger charge is 2.44. The first kappa shape index (κ1) is 20.0. The molecule has 4 atom stereocenters. The molecule has 1 aliphatic rings. The van der Waals surface area contributed by atoms with Gasteiger partial charge in [0.15, 0.2) is 5.76 Å². The number of hydrogen-bond donors (Lipinski definition) is 6. The van der Waals surface area contributed by atoms with Crippen molar-refractivity contribution in [2.75, 3.05) is 6.61 Å². The Morgan fingerprint density at radius 1 is 0.967 bits per heavy atom. The largest absolute Gasteiger partial charge is 0.508 e. The molecule has 0 radical (unpaired) electrons. The van der Waals surface area contributed by atoms with Crippen molar-refractivity contribution < 1.29 is 44.5 Å². The number of ether oxygens (including phenoxy) is 2. The van der Waals surface area contributed by atoms with Crippen LogP contribution in [0, 0.1) is 0 Å². The summed E-state index contributed by atoms with van der Waals surface area (Å²) in [6.07, 6.45) is -5.65. The van der Waals surface area contributed by atoms with Crippen LogP contribution < -0.4 is 10.2 Å². The number of phenolic OH excluding ortho intramolecular Hbond substituents is 3. The second-order valence-electron chi connectivity index (χ2n) is 6.80. The summed E-state index contributed by atoms with van der Waals surface area (Å²) in [7, 11) is 0. The molecule has 3 aromatic rings. The zero-order valence-electron chi connectivity index (χ0n) is 15.3. The quantitative estimate of drug-likeness (QED) is 0.348. The van der Waals surface area contributed by atoms with Crippen LogP contribution in [0.3, 0.4) is 0 Å². The van der Waals surface area contributed by atoms with Gasteiger partial charge in [-0.3, -0.25) is 4.79 Å². The molecule has 0 aliphatic carbocycles. The smallest absolute Gasteiger partial charge is 0.239 e. The number of hydrogen-bond acceptors (Lipinski definition) is 10. The summed E-state index contributed by atoms with van der Waals surface area (Å²) in [6.45, 7) is -0.588. The molecular formula is C20H18O10. The maximum Gasteiger partial charge on any atom is 0.239 e. The molecule has 0 amide bonds. The molecule has 10 heteroatoms. The summed E-state index contributed by atoms with van der Waals surface area (Å²) in [5.74, 6) is -1.50. The average molecular weight is 418 g/mol. The normalized spacial score (nSPS) is 23.7. The van der Waals surface area contributed by atoms with Crippen LogP contribution >= 0.6 is 0 Å². The van der Waals surface area contributed by atoms with Gasteiger partial charge in [-0.2, -0.15) is 0 Å². The van der Waals surface area contributed by atoms with Gasteiger partial charge < -0.3 is 44.5 Å². The molecule has 0 spiro atoms. The first-order chi connectivity index (χ1) is 14.3. The minimum atomic E-state index is -1.57. The van der Waals surface area contributed by atoms with Crippen LogP contribution in [0.2, 0.25) is 0 Å². The minimum absolute atomic E-state index is 0.0388. The fraction of sp³-hybridized carbons (Fsp3) is 0.250. The lowest BCUT2D eigenvalue weighted by Gasteiger charge is -2.18. The van der Waals surface area contributed by atoms with Gasteiger partial charge in [0.1, 0.15) is 46.5 Å². The molecule has 2 heterocycles. The van der Waals surface area contributed by atoms with Crippen LogP contribution in [0.1, 0.15) is 0 Å². The Labute approximate surface area is 168 Å². The molecule has 1 unspecified atom stereocenters. The number of phenols is 3. The van der Waals surface area contributed by atoms with E-state index in [1.54, 1.807) is 0 Å². The van der Waals surface area contributed by atoms with E-state index in [1.165, 1.54) is 24.3 Å². The summed E-state index contributed by atoms with van der Waals surface area (Å²) in [6, 6.07) is 7.65. The first-order valence-corrected chi connectivity index (χ1v) is 8.91. The Bertz CT molecular complexity index is 1140. The lowest BCUT2D eigenvalue weighted by Crippen LogP contribution is -2.36. The maximum absolute atomic E-state index is 13.1. The monoisotopic (exact) mass is 418 g/mol. The number of aliphatic hydroxyl groups excluding tert-OH is 3. The predicted octanol–water partition coefficient (Wildman–Crippen LogP) is 0.395. The molecule has 0 saturated carbocycles. The van der Waals surface area contributed by atoms with Crippen molar-refractivity contribution in [3.63, 3.8) is 0 Å². The molecule has 10 nitrogen and oxygen atoms in total. The van der Waals surface area contributed by atoms with Crippen LogP contribution in [0.5, 0.6) is 23.0 Å².